The summed E-state index contributed by atoms with van der Waals surface area (Å²) in [5.41, 5.74) is 0.144. The average Bonchev–Trinajstić information content (AvgIpc) is 2.66. The molecular formula is C11H18O3. The van der Waals surface area contributed by atoms with Crippen molar-refractivity contribution in [2.45, 2.75) is 45.8 Å². The van der Waals surface area contributed by atoms with E-state index >= 15 is 0 Å². The molecule has 3 heteroatoms. The van der Waals surface area contributed by atoms with E-state index in [1.165, 1.54) is 6.92 Å². The van der Waals surface area contributed by atoms with E-state index in [0.717, 1.165) is 6.42 Å². The van der Waals surface area contributed by atoms with E-state index in [9.17, 15) is 4.79 Å². The molecule has 2 rings (SSSR count). The van der Waals surface area contributed by atoms with Crippen LogP contribution in [0.1, 0.15) is 34.1 Å². The summed E-state index contributed by atoms with van der Waals surface area (Å²) in [6.45, 7) is 8.56. The molecule has 0 aromatic heterocycles. The third-order valence-electron chi connectivity index (χ3n) is 4.23. The van der Waals surface area contributed by atoms with Crippen LogP contribution >= 0.6 is 0 Å². The van der Waals surface area contributed by atoms with Crippen molar-refractivity contribution < 1.29 is 14.3 Å². The second-order valence-corrected chi connectivity index (χ2v) is 5.17. The lowest BCUT2D eigenvalue weighted by atomic mass is 9.75. The van der Waals surface area contributed by atoms with Gasteiger partial charge in [-0.15, -0.1) is 0 Å². The molecule has 0 spiro atoms. The third-order valence-corrected chi connectivity index (χ3v) is 4.23. The molecule has 1 saturated carbocycles. The molecule has 0 unspecified atom stereocenters. The highest BCUT2D eigenvalue weighted by Gasteiger charge is 2.69. The van der Waals surface area contributed by atoms with Gasteiger partial charge in [-0.3, -0.25) is 4.79 Å². The minimum Gasteiger partial charge on any atom is -0.466 e. The molecule has 0 radical (unpaired) electrons. The van der Waals surface area contributed by atoms with Gasteiger partial charge in [0.05, 0.1) is 18.3 Å². The molecule has 1 aliphatic carbocycles. The van der Waals surface area contributed by atoms with E-state index in [-0.39, 0.29) is 17.0 Å². The molecule has 80 valence electrons. The maximum absolute atomic E-state index is 10.7. The number of carbonyl (C=O) groups is 1. The van der Waals surface area contributed by atoms with Crippen LogP contribution in [0.15, 0.2) is 0 Å². The highest BCUT2D eigenvalue weighted by atomic mass is 16.6. The molecule has 3 nitrogen and oxygen atoms in total. The van der Waals surface area contributed by atoms with Crippen LogP contribution in [0.2, 0.25) is 0 Å². The summed E-state index contributed by atoms with van der Waals surface area (Å²) < 4.78 is 10.7. The Morgan fingerprint density at radius 3 is 2.57 bits per heavy atom. The Hall–Kier alpha value is -0.570. The Morgan fingerprint density at radius 1 is 1.50 bits per heavy atom. The number of rotatable bonds is 2. The largest absolute Gasteiger partial charge is 0.466 e. The molecule has 0 N–H and O–H groups in total. The van der Waals surface area contributed by atoms with Gasteiger partial charge in [-0.25, -0.2) is 0 Å². The van der Waals surface area contributed by atoms with Crippen LogP contribution in [0.3, 0.4) is 0 Å². The SMILES string of the molecule is CC(=O)OC[C@H]1C[C@H]2O[C@@]2(C)C1(C)C. The predicted octanol–water partition coefficient (Wildman–Crippen LogP) is 1.75. The first kappa shape index (κ1) is 9.97. The summed E-state index contributed by atoms with van der Waals surface area (Å²) in [7, 11) is 0. The number of fused-ring (bicyclic) bond motifs is 1. The number of epoxide rings is 1. The van der Waals surface area contributed by atoms with Gasteiger partial charge in [0.2, 0.25) is 0 Å². The first-order chi connectivity index (χ1) is 6.38. The summed E-state index contributed by atoms with van der Waals surface area (Å²) in [4.78, 5) is 10.7. The molecule has 14 heavy (non-hydrogen) atoms. The van der Waals surface area contributed by atoms with E-state index in [1.54, 1.807) is 0 Å². The summed E-state index contributed by atoms with van der Waals surface area (Å²) in [6, 6.07) is 0. The molecule has 1 heterocycles. The number of hydrogen-bond acceptors (Lipinski definition) is 3. The molecule has 0 bridgehead atoms. The predicted molar refractivity (Wildman–Crippen MR) is 51.8 cm³/mol. The summed E-state index contributed by atoms with van der Waals surface area (Å²) in [5, 5.41) is 0. The van der Waals surface area contributed by atoms with Crippen molar-refractivity contribution in [2.75, 3.05) is 6.61 Å². The second kappa shape index (κ2) is 2.72. The van der Waals surface area contributed by atoms with Crippen LogP contribution in [0.4, 0.5) is 0 Å². The average molecular weight is 198 g/mol. The Labute approximate surface area is 84.8 Å². The van der Waals surface area contributed by atoms with E-state index in [4.69, 9.17) is 9.47 Å². The first-order valence-corrected chi connectivity index (χ1v) is 5.19. The van der Waals surface area contributed by atoms with Crippen molar-refractivity contribution in [2.24, 2.45) is 11.3 Å². The maximum Gasteiger partial charge on any atom is 0.302 e. The highest BCUT2D eigenvalue weighted by Crippen LogP contribution is 2.63. The lowest BCUT2D eigenvalue weighted by molar-refractivity contribution is -0.144. The molecule has 1 aliphatic heterocycles. The fourth-order valence-corrected chi connectivity index (χ4v) is 2.55. The maximum atomic E-state index is 10.7. The minimum atomic E-state index is -0.188. The van der Waals surface area contributed by atoms with Crippen molar-refractivity contribution in [3.05, 3.63) is 0 Å². The van der Waals surface area contributed by atoms with Gasteiger partial charge in [-0.2, -0.15) is 0 Å². The second-order valence-electron chi connectivity index (χ2n) is 5.17. The molecule has 0 aromatic carbocycles. The van der Waals surface area contributed by atoms with Crippen molar-refractivity contribution >= 4 is 5.97 Å². The summed E-state index contributed by atoms with van der Waals surface area (Å²) in [5.74, 6) is 0.252. The molecular weight excluding hydrogens is 180 g/mol. The molecule has 3 atom stereocenters. The monoisotopic (exact) mass is 198 g/mol. The van der Waals surface area contributed by atoms with Crippen LogP contribution in [-0.4, -0.2) is 24.3 Å². The Morgan fingerprint density at radius 2 is 2.14 bits per heavy atom. The van der Waals surface area contributed by atoms with Gasteiger partial charge in [0.1, 0.15) is 0 Å². The topological polar surface area (TPSA) is 38.8 Å². The van der Waals surface area contributed by atoms with E-state index < -0.39 is 0 Å². The first-order valence-electron chi connectivity index (χ1n) is 5.19. The molecule has 2 aliphatic rings. The zero-order valence-corrected chi connectivity index (χ0v) is 9.29. The van der Waals surface area contributed by atoms with E-state index in [0.29, 0.717) is 18.6 Å². The Kier molecular flexibility index (Phi) is 1.94. The van der Waals surface area contributed by atoms with Gasteiger partial charge in [-0.1, -0.05) is 13.8 Å². The highest BCUT2D eigenvalue weighted by molar-refractivity contribution is 5.65. The molecule has 2 fully saturated rings. The van der Waals surface area contributed by atoms with Crippen LogP contribution in [-0.2, 0) is 14.3 Å². The van der Waals surface area contributed by atoms with Crippen molar-refractivity contribution in [1.29, 1.82) is 0 Å². The fourth-order valence-electron chi connectivity index (χ4n) is 2.55. The van der Waals surface area contributed by atoms with Crippen LogP contribution < -0.4 is 0 Å². The molecule has 0 aromatic rings. The van der Waals surface area contributed by atoms with Gasteiger partial charge in [0.25, 0.3) is 0 Å². The lowest BCUT2D eigenvalue weighted by Gasteiger charge is -2.32. The number of esters is 1. The summed E-state index contributed by atoms with van der Waals surface area (Å²) >= 11 is 0. The number of carbonyl (C=O) groups excluding carboxylic acids is 1. The van der Waals surface area contributed by atoms with Crippen LogP contribution in [0, 0.1) is 11.3 Å². The Balaban J connectivity index is 1.99. The van der Waals surface area contributed by atoms with Crippen molar-refractivity contribution in [3.63, 3.8) is 0 Å². The number of hydrogen-bond donors (Lipinski definition) is 0. The van der Waals surface area contributed by atoms with Crippen LogP contribution in [0.5, 0.6) is 0 Å². The van der Waals surface area contributed by atoms with E-state index in [1.807, 2.05) is 0 Å². The van der Waals surface area contributed by atoms with Gasteiger partial charge in [0, 0.05) is 18.3 Å². The molecule has 0 amide bonds. The lowest BCUT2D eigenvalue weighted by Crippen LogP contribution is -2.35. The minimum absolute atomic E-state index is 0.0256. The number of ether oxygens (including phenoxy) is 2. The van der Waals surface area contributed by atoms with Gasteiger partial charge < -0.3 is 9.47 Å². The summed E-state index contributed by atoms with van der Waals surface area (Å²) in [6.07, 6.45) is 1.41. The standard InChI is InChI=1S/C11H18O3/c1-7(12)13-6-8-5-9-11(4,14-9)10(8,2)3/h8-9H,5-6H2,1-4H3/t8-,9-,11-/m1/s1. The fraction of sp³-hybridized carbons (Fsp3) is 0.909. The zero-order valence-electron chi connectivity index (χ0n) is 9.29. The van der Waals surface area contributed by atoms with Gasteiger partial charge in [0.15, 0.2) is 0 Å². The quantitative estimate of drug-likeness (QED) is 0.501. The third kappa shape index (κ3) is 1.18. The van der Waals surface area contributed by atoms with Crippen LogP contribution in [0.25, 0.3) is 0 Å². The Bertz CT molecular complexity index is 272. The van der Waals surface area contributed by atoms with Gasteiger partial charge >= 0.3 is 5.97 Å². The van der Waals surface area contributed by atoms with Gasteiger partial charge in [-0.05, 0) is 13.3 Å². The zero-order chi connectivity index (χ0) is 10.6. The van der Waals surface area contributed by atoms with Crippen molar-refractivity contribution in [1.82, 2.24) is 0 Å². The van der Waals surface area contributed by atoms with E-state index in [2.05, 4.69) is 20.8 Å². The molecule has 1 saturated heterocycles. The smallest absolute Gasteiger partial charge is 0.302 e. The van der Waals surface area contributed by atoms with Crippen molar-refractivity contribution in [3.8, 4) is 0 Å². The normalized spacial score (nSPS) is 43.1.